The fourth-order valence-corrected chi connectivity index (χ4v) is 3.86. The Labute approximate surface area is 117 Å². The van der Waals surface area contributed by atoms with Gasteiger partial charge in [0.2, 0.25) is 0 Å². The van der Waals surface area contributed by atoms with Gasteiger partial charge in [-0.2, -0.15) is 0 Å². The van der Waals surface area contributed by atoms with Crippen molar-refractivity contribution >= 4 is 0 Å². The summed E-state index contributed by atoms with van der Waals surface area (Å²) in [6, 6.07) is 0.793. The molecule has 1 atom stereocenters. The van der Waals surface area contributed by atoms with Crippen molar-refractivity contribution in [2.45, 2.75) is 69.9 Å². The van der Waals surface area contributed by atoms with Gasteiger partial charge < -0.3 is 9.47 Å². The molecule has 3 heteroatoms. The van der Waals surface area contributed by atoms with E-state index in [4.69, 9.17) is 0 Å². The molecule has 1 saturated heterocycles. The van der Waals surface area contributed by atoms with Crippen LogP contribution in [0.1, 0.15) is 63.1 Å². The van der Waals surface area contributed by atoms with Crippen molar-refractivity contribution in [2.24, 2.45) is 0 Å². The first kappa shape index (κ1) is 13.2. The van der Waals surface area contributed by atoms with Gasteiger partial charge in [-0.15, -0.1) is 0 Å². The lowest BCUT2D eigenvalue weighted by atomic mass is 9.88. The molecule has 0 unspecified atom stereocenters. The second kappa shape index (κ2) is 6.08. The highest BCUT2D eigenvalue weighted by atomic mass is 15.2. The molecule has 0 aromatic carbocycles. The van der Waals surface area contributed by atoms with Crippen molar-refractivity contribution in [1.29, 1.82) is 0 Å². The highest BCUT2D eigenvalue weighted by Crippen LogP contribution is 2.32. The van der Waals surface area contributed by atoms with Crippen LogP contribution >= 0.6 is 0 Å². The predicted octanol–water partition coefficient (Wildman–Crippen LogP) is 3.42. The van der Waals surface area contributed by atoms with Crippen LogP contribution in [-0.4, -0.2) is 34.1 Å². The van der Waals surface area contributed by atoms with Crippen LogP contribution in [-0.2, 0) is 6.54 Å². The molecule has 2 fully saturated rings. The summed E-state index contributed by atoms with van der Waals surface area (Å²) in [5.74, 6) is 2.09. The molecule has 1 aromatic rings. The molecular weight excluding hydrogens is 234 g/mol. The number of nitrogens with zero attached hydrogens (tertiary/aromatic N) is 3. The van der Waals surface area contributed by atoms with Gasteiger partial charge in [-0.05, 0) is 45.7 Å². The summed E-state index contributed by atoms with van der Waals surface area (Å²) in [5, 5.41) is 0. The smallest absolute Gasteiger partial charge is 0.111 e. The van der Waals surface area contributed by atoms with E-state index in [1.54, 1.807) is 0 Å². The second-order valence-corrected chi connectivity index (χ2v) is 6.38. The molecule has 1 aliphatic carbocycles. The van der Waals surface area contributed by atoms with E-state index in [9.17, 15) is 0 Å². The van der Waals surface area contributed by atoms with Gasteiger partial charge in [-0.1, -0.05) is 19.3 Å². The third-order valence-electron chi connectivity index (χ3n) is 5.09. The van der Waals surface area contributed by atoms with E-state index in [0.29, 0.717) is 0 Å². The van der Waals surface area contributed by atoms with E-state index in [0.717, 1.165) is 18.5 Å². The summed E-state index contributed by atoms with van der Waals surface area (Å²) in [6.07, 6.45) is 15.1. The topological polar surface area (TPSA) is 21.1 Å². The molecule has 1 aliphatic heterocycles. The van der Waals surface area contributed by atoms with Gasteiger partial charge in [-0.3, -0.25) is 0 Å². The van der Waals surface area contributed by atoms with Crippen molar-refractivity contribution in [2.75, 3.05) is 13.6 Å². The number of imidazole rings is 1. The zero-order valence-corrected chi connectivity index (χ0v) is 12.2. The molecular formula is C16H27N3. The summed E-state index contributed by atoms with van der Waals surface area (Å²) in [6.45, 7) is 2.44. The van der Waals surface area contributed by atoms with Crippen LogP contribution in [0, 0.1) is 0 Å². The number of aryl methyl sites for hydroxylation is 1. The van der Waals surface area contributed by atoms with E-state index in [1.165, 1.54) is 63.7 Å². The van der Waals surface area contributed by atoms with E-state index < -0.39 is 0 Å². The van der Waals surface area contributed by atoms with Gasteiger partial charge in [0.05, 0.1) is 0 Å². The monoisotopic (exact) mass is 261 g/mol. The highest BCUT2D eigenvalue weighted by Gasteiger charge is 2.23. The summed E-state index contributed by atoms with van der Waals surface area (Å²) in [5.41, 5.74) is 0. The van der Waals surface area contributed by atoms with Crippen molar-refractivity contribution in [3.8, 4) is 0 Å². The SMILES string of the molecule is CN1CCC[C@@H]1CCn1ccnc1C1CCCCC1. The Morgan fingerprint density at radius 3 is 2.74 bits per heavy atom. The summed E-state index contributed by atoms with van der Waals surface area (Å²) >= 11 is 0. The first-order valence-corrected chi connectivity index (χ1v) is 8.06. The van der Waals surface area contributed by atoms with Gasteiger partial charge in [0.25, 0.3) is 0 Å². The van der Waals surface area contributed by atoms with Gasteiger partial charge in [-0.25, -0.2) is 4.98 Å². The largest absolute Gasteiger partial charge is 0.335 e. The number of hydrogen-bond acceptors (Lipinski definition) is 2. The van der Waals surface area contributed by atoms with Crippen LogP contribution in [0.5, 0.6) is 0 Å². The molecule has 106 valence electrons. The van der Waals surface area contributed by atoms with Crippen molar-refractivity contribution in [3.05, 3.63) is 18.2 Å². The Morgan fingerprint density at radius 2 is 2.00 bits per heavy atom. The Hall–Kier alpha value is -0.830. The van der Waals surface area contributed by atoms with E-state index in [2.05, 4.69) is 27.7 Å². The van der Waals surface area contributed by atoms with Gasteiger partial charge in [0.15, 0.2) is 0 Å². The fourth-order valence-electron chi connectivity index (χ4n) is 3.86. The molecule has 2 heterocycles. The average Bonchev–Trinajstić information content (AvgIpc) is 3.06. The van der Waals surface area contributed by atoms with Crippen molar-refractivity contribution < 1.29 is 0 Å². The third-order valence-corrected chi connectivity index (χ3v) is 5.09. The van der Waals surface area contributed by atoms with Gasteiger partial charge >= 0.3 is 0 Å². The molecule has 0 N–H and O–H groups in total. The molecule has 0 spiro atoms. The van der Waals surface area contributed by atoms with Crippen LogP contribution in [0.15, 0.2) is 12.4 Å². The number of hydrogen-bond donors (Lipinski definition) is 0. The molecule has 2 aliphatic rings. The van der Waals surface area contributed by atoms with Crippen molar-refractivity contribution in [1.82, 2.24) is 14.5 Å². The Morgan fingerprint density at radius 1 is 1.16 bits per heavy atom. The molecule has 19 heavy (non-hydrogen) atoms. The number of rotatable bonds is 4. The Bertz CT molecular complexity index is 392. The Balaban J connectivity index is 1.60. The maximum atomic E-state index is 4.65. The lowest BCUT2D eigenvalue weighted by molar-refractivity contribution is 0.283. The molecule has 1 aromatic heterocycles. The Kier molecular flexibility index (Phi) is 4.21. The van der Waals surface area contributed by atoms with Crippen LogP contribution in [0.2, 0.25) is 0 Å². The molecule has 3 rings (SSSR count). The third kappa shape index (κ3) is 3.02. The van der Waals surface area contributed by atoms with Crippen LogP contribution in [0.3, 0.4) is 0 Å². The molecule has 0 radical (unpaired) electrons. The van der Waals surface area contributed by atoms with E-state index >= 15 is 0 Å². The van der Waals surface area contributed by atoms with Gasteiger partial charge in [0, 0.05) is 30.9 Å². The zero-order chi connectivity index (χ0) is 13.1. The fraction of sp³-hybridized carbons (Fsp3) is 0.812. The average molecular weight is 261 g/mol. The standard InChI is InChI=1S/C16H27N3/c1-18-11-5-8-15(18)9-12-19-13-10-17-16(19)14-6-3-2-4-7-14/h10,13-15H,2-9,11-12H2,1H3/t15-/m1/s1. The minimum Gasteiger partial charge on any atom is -0.335 e. The number of likely N-dealkylation sites (tertiary alicyclic amines) is 1. The van der Waals surface area contributed by atoms with Crippen molar-refractivity contribution in [3.63, 3.8) is 0 Å². The maximum absolute atomic E-state index is 4.65. The van der Waals surface area contributed by atoms with Gasteiger partial charge in [0.1, 0.15) is 5.82 Å². The zero-order valence-electron chi connectivity index (χ0n) is 12.2. The normalized spacial score (nSPS) is 26.1. The minimum absolute atomic E-state index is 0.727. The van der Waals surface area contributed by atoms with E-state index in [-0.39, 0.29) is 0 Å². The summed E-state index contributed by atoms with van der Waals surface area (Å²) in [7, 11) is 2.27. The first-order chi connectivity index (χ1) is 9.34. The number of aromatic nitrogens is 2. The van der Waals surface area contributed by atoms with Crippen LogP contribution in [0.25, 0.3) is 0 Å². The van der Waals surface area contributed by atoms with E-state index in [1.807, 2.05) is 6.20 Å². The predicted molar refractivity (Wildman–Crippen MR) is 78.3 cm³/mol. The minimum atomic E-state index is 0.727. The highest BCUT2D eigenvalue weighted by molar-refractivity contribution is 5.02. The maximum Gasteiger partial charge on any atom is 0.111 e. The first-order valence-electron chi connectivity index (χ1n) is 8.06. The lowest BCUT2D eigenvalue weighted by Crippen LogP contribution is -2.26. The molecule has 0 bridgehead atoms. The molecule has 0 amide bonds. The lowest BCUT2D eigenvalue weighted by Gasteiger charge is -2.24. The van der Waals surface area contributed by atoms with Crippen LogP contribution < -0.4 is 0 Å². The molecule has 1 saturated carbocycles. The second-order valence-electron chi connectivity index (χ2n) is 6.38. The summed E-state index contributed by atoms with van der Waals surface area (Å²) in [4.78, 5) is 7.18. The van der Waals surface area contributed by atoms with Crippen LogP contribution in [0.4, 0.5) is 0 Å². The quantitative estimate of drug-likeness (QED) is 0.828. The summed E-state index contributed by atoms with van der Waals surface area (Å²) < 4.78 is 2.43. The molecule has 3 nitrogen and oxygen atoms in total.